The summed E-state index contributed by atoms with van der Waals surface area (Å²) in [6.45, 7) is 3.71. The number of nitrogens with zero attached hydrogens (tertiary/aromatic N) is 4. The van der Waals surface area contributed by atoms with E-state index in [0.29, 0.717) is 29.9 Å². The molecule has 8 nitrogen and oxygen atoms in total. The van der Waals surface area contributed by atoms with Crippen LogP contribution in [-0.4, -0.2) is 58.0 Å². The third-order valence-corrected chi connectivity index (χ3v) is 8.68. The van der Waals surface area contributed by atoms with E-state index < -0.39 is 0 Å². The molecular weight excluding hydrogens is 514 g/mol. The van der Waals surface area contributed by atoms with Crippen LogP contribution in [0, 0.1) is 0 Å². The van der Waals surface area contributed by atoms with Gasteiger partial charge in [0.1, 0.15) is 16.8 Å². The van der Waals surface area contributed by atoms with Gasteiger partial charge in [0.25, 0.3) is 0 Å². The van der Waals surface area contributed by atoms with Crippen molar-refractivity contribution in [2.45, 2.75) is 38.4 Å². The zero-order valence-electron chi connectivity index (χ0n) is 23.2. The van der Waals surface area contributed by atoms with E-state index >= 15 is 0 Å². The maximum Gasteiger partial charge on any atom is 0.348 e. The fraction of sp³-hybridized carbons (Fsp3) is 0.303. The summed E-state index contributed by atoms with van der Waals surface area (Å²) in [6, 6.07) is 22.3. The number of aromatic nitrogens is 2. The highest BCUT2D eigenvalue weighted by Crippen LogP contribution is 2.36. The average molecular weight is 548 g/mol. The second kappa shape index (κ2) is 10.3. The third kappa shape index (κ3) is 4.63. The van der Waals surface area contributed by atoms with Crippen LogP contribution < -0.4 is 11.4 Å². The van der Waals surface area contributed by atoms with Crippen LogP contribution in [0.2, 0.25) is 0 Å². The molecule has 2 N–H and O–H groups in total. The lowest BCUT2D eigenvalue weighted by atomic mass is 9.94. The number of amides is 1. The SMILES string of the molecule is CN1CCc2cc(-c3ccc4oc5c(-c6ccccc6)nc(=O)n(CCN6CCCC6C(N)=O)c5c4c3)ccc2C1. The van der Waals surface area contributed by atoms with E-state index in [1.807, 2.05) is 36.4 Å². The van der Waals surface area contributed by atoms with Crippen LogP contribution in [0.15, 0.2) is 75.9 Å². The van der Waals surface area contributed by atoms with Gasteiger partial charge >= 0.3 is 5.69 Å². The van der Waals surface area contributed by atoms with Crippen LogP contribution in [0.4, 0.5) is 0 Å². The van der Waals surface area contributed by atoms with Gasteiger partial charge < -0.3 is 15.1 Å². The number of primary amides is 1. The monoisotopic (exact) mass is 547 g/mol. The molecule has 2 aliphatic heterocycles. The van der Waals surface area contributed by atoms with Gasteiger partial charge in [-0.05, 0) is 67.2 Å². The van der Waals surface area contributed by atoms with Gasteiger partial charge in [0.15, 0.2) is 5.58 Å². The van der Waals surface area contributed by atoms with E-state index in [2.05, 4.69) is 52.2 Å². The highest BCUT2D eigenvalue weighted by Gasteiger charge is 2.29. The standard InChI is InChI=1S/C33H33N5O3/c1-36-15-13-24-18-22(9-10-25(24)20-36)23-11-12-28-26(19-23)30-31(41-28)29(21-6-3-2-4-7-21)35-33(40)38(30)17-16-37-14-5-8-27(37)32(34)39/h2-4,6-7,9-12,18-19,27H,5,8,13-17,20H2,1H3,(H2,34,39). The Morgan fingerprint density at radius 1 is 0.976 bits per heavy atom. The maximum absolute atomic E-state index is 13.6. The number of rotatable bonds is 6. The molecule has 2 aromatic heterocycles. The first-order valence-electron chi connectivity index (χ1n) is 14.3. The quantitative estimate of drug-likeness (QED) is 0.338. The second-order valence-electron chi connectivity index (χ2n) is 11.3. The number of furan rings is 1. The summed E-state index contributed by atoms with van der Waals surface area (Å²) in [4.78, 5) is 34.5. The molecule has 2 aliphatic rings. The minimum atomic E-state index is -0.336. The maximum atomic E-state index is 13.6. The van der Waals surface area contributed by atoms with Crippen molar-refractivity contribution in [1.82, 2.24) is 19.4 Å². The summed E-state index contributed by atoms with van der Waals surface area (Å²) in [5.74, 6) is -0.312. The number of hydrogen-bond acceptors (Lipinski definition) is 6. The fourth-order valence-corrected chi connectivity index (χ4v) is 6.51. The van der Waals surface area contributed by atoms with Crippen molar-refractivity contribution in [3.05, 3.63) is 88.3 Å². The van der Waals surface area contributed by atoms with Gasteiger partial charge in [-0.3, -0.25) is 14.3 Å². The Morgan fingerprint density at radius 3 is 2.61 bits per heavy atom. The molecule has 5 aromatic rings. The summed E-state index contributed by atoms with van der Waals surface area (Å²) in [5.41, 5.74) is 13.7. The van der Waals surface area contributed by atoms with Crippen LogP contribution in [0.1, 0.15) is 24.0 Å². The van der Waals surface area contributed by atoms with E-state index in [9.17, 15) is 9.59 Å². The lowest BCUT2D eigenvalue weighted by Crippen LogP contribution is -2.42. The molecule has 0 bridgehead atoms. The largest absolute Gasteiger partial charge is 0.452 e. The molecule has 7 rings (SSSR count). The summed E-state index contributed by atoms with van der Waals surface area (Å²) in [5, 5.41) is 0.875. The van der Waals surface area contributed by atoms with Crippen molar-refractivity contribution in [1.29, 1.82) is 0 Å². The first-order chi connectivity index (χ1) is 20.0. The Bertz CT molecular complexity index is 1840. The molecule has 41 heavy (non-hydrogen) atoms. The number of nitrogens with two attached hydrogens (primary N) is 1. The van der Waals surface area contributed by atoms with Crippen LogP contribution in [0.5, 0.6) is 0 Å². The molecule has 4 heterocycles. The molecule has 1 atom stereocenters. The van der Waals surface area contributed by atoms with Gasteiger partial charge in [-0.1, -0.05) is 54.6 Å². The normalized spacial score (nSPS) is 17.8. The number of likely N-dealkylation sites (tertiary alicyclic amines) is 1. The first kappa shape index (κ1) is 25.7. The van der Waals surface area contributed by atoms with Crippen molar-refractivity contribution in [2.24, 2.45) is 5.73 Å². The van der Waals surface area contributed by atoms with Crippen molar-refractivity contribution < 1.29 is 9.21 Å². The summed E-state index contributed by atoms with van der Waals surface area (Å²) >= 11 is 0. The molecule has 0 saturated carbocycles. The van der Waals surface area contributed by atoms with Gasteiger partial charge in [0.2, 0.25) is 5.91 Å². The molecule has 0 spiro atoms. The minimum Gasteiger partial charge on any atom is -0.452 e. The lowest BCUT2D eigenvalue weighted by molar-refractivity contribution is -0.122. The number of hydrogen-bond donors (Lipinski definition) is 1. The third-order valence-electron chi connectivity index (χ3n) is 8.68. The van der Waals surface area contributed by atoms with Crippen LogP contribution >= 0.6 is 0 Å². The van der Waals surface area contributed by atoms with E-state index in [-0.39, 0.29) is 17.6 Å². The van der Waals surface area contributed by atoms with Crippen molar-refractivity contribution in [2.75, 3.05) is 26.7 Å². The molecule has 1 amide bonds. The molecule has 0 aliphatic carbocycles. The summed E-state index contributed by atoms with van der Waals surface area (Å²) in [6.07, 6.45) is 2.70. The predicted molar refractivity (Wildman–Crippen MR) is 160 cm³/mol. The molecule has 208 valence electrons. The number of likely N-dealkylation sites (N-methyl/N-ethyl adjacent to an activating group) is 1. The second-order valence-corrected chi connectivity index (χ2v) is 11.3. The molecule has 1 saturated heterocycles. The van der Waals surface area contributed by atoms with Gasteiger partial charge in [-0.25, -0.2) is 4.79 Å². The summed E-state index contributed by atoms with van der Waals surface area (Å²) < 4.78 is 8.15. The Labute approximate surface area is 238 Å². The molecule has 1 fully saturated rings. The van der Waals surface area contributed by atoms with E-state index in [4.69, 9.17) is 10.2 Å². The van der Waals surface area contributed by atoms with E-state index in [1.165, 1.54) is 11.1 Å². The lowest BCUT2D eigenvalue weighted by Gasteiger charge is -2.25. The number of carbonyl (C=O) groups is 1. The van der Waals surface area contributed by atoms with Crippen LogP contribution in [-0.2, 0) is 24.3 Å². The van der Waals surface area contributed by atoms with E-state index in [0.717, 1.165) is 66.5 Å². The highest BCUT2D eigenvalue weighted by molar-refractivity contribution is 6.08. The zero-order chi connectivity index (χ0) is 28.1. The fourth-order valence-electron chi connectivity index (χ4n) is 6.51. The van der Waals surface area contributed by atoms with Gasteiger partial charge in [-0.2, -0.15) is 4.98 Å². The molecule has 1 unspecified atom stereocenters. The number of carbonyl (C=O) groups excluding carboxylic acids is 1. The Balaban J connectivity index is 1.37. The Kier molecular flexibility index (Phi) is 6.44. The van der Waals surface area contributed by atoms with Crippen molar-refractivity contribution in [3.63, 3.8) is 0 Å². The summed E-state index contributed by atoms with van der Waals surface area (Å²) in [7, 11) is 2.16. The van der Waals surface area contributed by atoms with Crippen LogP contribution in [0.3, 0.4) is 0 Å². The molecule has 8 heteroatoms. The first-order valence-corrected chi connectivity index (χ1v) is 14.3. The number of benzene rings is 3. The Morgan fingerprint density at radius 2 is 1.78 bits per heavy atom. The molecular formula is C33H33N5O3. The van der Waals surface area contributed by atoms with Crippen LogP contribution in [0.25, 0.3) is 44.5 Å². The Hall–Kier alpha value is -4.27. The van der Waals surface area contributed by atoms with E-state index in [1.54, 1.807) is 4.57 Å². The highest BCUT2D eigenvalue weighted by atomic mass is 16.3. The van der Waals surface area contributed by atoms with Gasteiger partial charge in [0.05, 0.1) is 6.04 Å². The van der Waals surface area contributed by atoms with Gasteiger partial charge in [-0.15, -0.1) is 0 Å². The molecule has 0 radical (unpaired) electrons. The predicted octanol–water partition coefficient (Wildman–Crippen LogP) is 4.41. The average Bonchev–Trinajstić information content (AvgIpc) is 3.61. The minimum absolute atomic E-state index is 0.297. The zero-order valence-corrected chi connectivity index (χ0v) is 23.2. The smallest absolute Gasteiger partial charge is 0.348 e. The van der Waals surface area contributed by atoms with Gasteiger partial charge in [0, 0.05) is 37.1 Å². The molecule has 3 aromatic carbocycles. The number of fused-ring (bicyclic) bond motifs is 4. The van der Waals surface area contributed by atoms with Crippen molar-refractivity contribution in [3.8, 4) is 22.4 Å². The topological polar surface area (TPSA) is 97.6 Å². The van der Waals surface area contributed by atoms with Crippen molar-refractivity contribution >= 4 is 28.0 Å².